The number of hydrogen-bond acceptors (Lipinski definition) is 5. The van der Waals surface area contributed by atoms with E-state index in [1.54, 1.807) is 6.20 Å². The number of likely N-dealkylation sites (tertiary alicyclic amines) is 1. The molecule has 25 heavy (non-hydrogen) atoms. The van der Waals surface area contributed by atoms with E-state index in [2.05, 4.69) is 20.2 Å². The van der Waals surface area contributed by atoms with E-state index in [1.807, 2.05) is 43.3 Å². The van der Waals surface area contributed by atoms with Crippen molar-refractivity contribution in [2.45, 2.75) is 38.3 Å². The first-order chi connectivity index (χ1) is 12.1. The summed E-state index contributed by atoms with van der Waals surface area (Å²) in [5.74, 6) is 0.665. The Balaban J connectivity index is 1.57. The van der Waals surface area contributed by atoms with Gasteiger partial charge < -0.3 is 11.1 Å². The summed E-state index contributed by atoms with van der Waals surface area (Å²) in [6.45, 7) is 4.27. The molecule has 0 saturated carbocycles. The third kappa shape index (κ3) is 4.54. The Hall–Kier alpha value is -2.47. The van der Waals surface area contributed by atoms with Crippen LogP contribution in [0.1, 0.15) is 36.9 Å². The topological polar surface area (TPSA) is 84.1 Å². The third-order valence-corrected chi connectivity index (χ3v) is 4.80. The summed E-state index contributed by atoms with van der Waals surface area (Å²) in [7, 11) is 0. The van der Waals surface area contributed by atoms with Crippen LogP contribution in [0.3, 0.4) is 0 Å². The lowest BCUT2D eigenvalue weighted by molar-refractivity contribution is -0.126. The molecule has 2 atom stereocenters. The molecule has 1 aromatic heterocycles. The van der Waals surface area contributed by atoms with Gasteiger partial charge in [-0.1, -0.05) is 30.3 Å². The number of nitrogens with zero attached hydrogens (tertiary/aromatic N) is 3. The minimum Gasteiger partial charge on any atom is -0.368 e. The van der Waals surface area contributed by atoms with Gasteiger partial charge in [0.05, 0.1) is 11.7 Å². The SMILES string of the molecule is CC(C(=O)NCc1ccccc1)N1CCCC(c2ccnc(N)n2)C1. The Bertz CT molecular complexity index is 706. The van der Waals surface area contributed by atoms with Crippen LogP contribution in [0.15, 0.2) is 42.6 Å². The Kier molecular flexibility index (Phi) is 5.60. The van der Waals surface area contributed by atoms with E-state index >= 15 is 0 Å². The fourth-order valence-electron chi connectivity index (χ4n) is 3.31. The second-order valence-electron chi connectivity index (χ2n) is 6.55. The molecule has 132 valence electrons. The molecule has 0 spiro atoms. The first-order valence-corrected chi connectivity index (χ1v) is 8.77. The van der Waals surface area contributed by atoms with Crippen LogP contribution in [-0.2, 0) is 11.3 Å². The minimum absolute atomic E-state index is 0.0618. The van der Waals surface area contributed by atoms with E-state index in [-0.39, 0.29) is 11.9 Å². The smallest absolute Gasteiger partial charge is 0.237 e. The highest BCUT2D eigenvalue weighted by Crippen LogP contribution is 2.26. The van der Waals surface area contributed by atoms with Gasteiger partial charge in [-0.2, -0.15) is 0 Å². The molecule has 1 aliphatic heterocycles. The molecule has 1 fully saturated rings. The maximum atomic E-state index is 12.5. The molecule has 0 bridgehead atoms. The zero-order chi connectivity index (χ0) is 17.6. The van der Waals surface area contributed by atoms with Crippen LogP contribution in [0.4, 0.5) is 5.95 Å². The fraction of sp³-hybridized carbons (Fsp3) is 0.421. The number of hydrogen-bond donors (Lipinski definition) is 2. The van der Waals surface area contributed by atoms with Crippen LogP contribution in [-0.4, -0.2) is 39.9 Å². The third-order valence-electron chi connectivity index (χ3n) is 4.80. The van der Waals surface area contributed by atoms with Gasteiger partial charge in [-0.05, 0) is 37.9 Å². The maximum Gasteiger partial charge on any atom is 0.237 e. The second kappa shape index (κ2) is 8.07. The molecule has 3 N–H and O–H groups in total. The predicted molar refractivity (Wildman–Crippen MR) is 97.7 cm³/mol. The Labute approximate surface area is 148 Å². The number of nitrogens with one attached hydrogen (secondary N) is 1. The summed E-state index contributed by atoms with van der Waals surface area (Å²) in [5, 5.41) is 3.03. The number of amides is 1. The number of aromatic nitrogens is 2. The van der Waals surface area contributed by atoms with Gasteiger partial charge in [0.1, 0.15) is 0 Å². The molecule has 2 aromatic rings. The summed E-state index contributed by atoms with van der Waals surface area (Å²) >= 11 is 0. The van der Waals surface area contributed by atoms with Crippen LogP contribution in [0, 0.1) is 0 Å². The van der Waals surface area contributed by atoms with Crippen molar-refractivity contribution in [3.8, 4) is 0 Å². The zero-order valence-corrected chi connectivity index (χ0v) is 14.6. The molecule has 6 nitrogen and oxygen atoms in total. The number of anilines is 1. The van der Waals surface area contributed by atoms with E-state index in [4.69, 9.17) is 5.73 Å². The number of carbonyl (C=O) groups is 1. The predicted octanol–water partition coefficient (Wildman–Crippen LogP) is 1.94. The van der Waals surface area contributed by atoms with Crippen molar-refractivity contribution in [3.05, 3.63) is 53.9 Å². The van der Waals surface area contributed by atoms with Gasteiger partial charge >= 0.3 is 0 Å². The van der Waals surface area contributed by atoms with Crippen molar-refractivity contribution in [1.29, 1.82) is 0 Å². The summed E-state index contributed by atoms with van der Waals surface area (Å²) in [4.78, 5) is 23.1. The van der Waals surface area contributed by atoms with Crippen molar-refractivity contribution in [1.82, 2.24) is 20.2 Å². The number of nitrogens with two attached hydrogens (primary N) is 1. The van der Waals surface area contributed by atoms with Crippen molar-refractivity contribution in [2.24, 2.45) is 0 Å². The average molecular weight is 339 g/mol. The Morgan fingerprint density at radius 1 is 1.36 bits per heavy atom. The van der Waals surface area contributed by atoms with Gasteiger partial charge in [-0.3, -0.25) is 9.69 Å². The number of nitrogen functional groups attached to an aromatic ring is 1. The van der Waals surface area contributed by atoms with E-state index in [0.717, 1.165) is 37.2 Å². The van der Waals surface area contributed by atoms with Gasteiger partial charge in [0.2, 0.25) is 11.9 Å². The molecule has 1 saturated heterocycles. The molecule has 1 amide bonds. The lowest BCUT2D eigenvalue weighted by atomic mass is 9.93. The Morgan fingerprint density at radius 2 is 2.16 bits per heavy atom. The summed E-state index contributed by atoms with van der Waals surface area (Å²) < 4.78 is 0. The number of rotatable bonds is 5. The van der Waals surface area contributed by atoms with Crippen LogP contribution in [0.5, 0.6) is 0 Å². The molecule has 2 heterocycles. The highest BCUT2D eigenvalue weighted by atomic mass is 16.2. The molecule has 2 unspecified atom stereocenters. The molecule has 6 heteroatoms. The molecule has 1 aromatic carbocycles. The number of benzene rings is 1. The largest absolute Gasteiger partial charge is 0.368 e. The second-order valence-corrected chi connectivity index (χ2v) is 6.55. The quantitative estimate of drug-likeness (QED) is 0.870. The molecule has 3 rings (SSSR count). The average Bonchev–Trinajstić information content (AvgIpc) is 2.66. The normalized spacial score (nSPS) is 19.3. The van der Waals surface area contributed by atoms with Gasteiger partial charge in [-0.15, -0.1) is 0 Å². The monoisotopic (exact) mass is 339 g/mol. The summed E-state index contributed by atoms with van der Waals surface area (Å²) in [6, 6.07) is 11.7. The molecule has 1 aliphatic rings. The highest BCUT2D eigenvalue weighted by molar-refractivity contribution is 5.81. The summed E-state index contributed by atoms with van der Waals surface area (Å²) in [5.41, 5.74) is 7.78. The number of piperidine rings is 1. The first-order valence-electron chi connectivity index (χ1n) is 8.77. The molecule has 0 radical (unpaired) electrons. The van der Waals surface area contributed by atoms with Crippen LogP contribution in [0.2, 0.25) is 0 Å². The van der Waals surface area contributed by atoms with Crippen LogP contribution in [0.25, 0.3) is 0 Å². The lowest BCUT2D eigenvalue weighted by Crippen LogP contribution is -2.48. The van der Waals surface area contributed by atoms with Crippen molar-refractivity contribution in [3.63, 3.8) is 0 Å². The summed E-state index contributed by atoms with van der Waals surface area (Å²) in [6.07, 6.45) is 3.81. The van der Waals surface area contributed by atoms with Crippen molar-refractivity contribution < 1.29 is 4.79 Å². The van der Waals surface area contributed by atoms with Crippen molar-refractivity contribution >= 4 is 11.9 Å². The highest BCUT2D eigenvalue weighted by Gasteiger charge is 2.28. The van der Waals surface area contributed by atoms with E-state index in [9.17, 15) is 4.79 Å². The van der Waals surface area contributed by atoms with Gasteiger partial charge in [0.15, 0.2) is 0 Å². The fourth-order valence-corrected chi connectivity index (χ4v) is 3.31. The van der Waals surface area contributed by atoms with Crippen molar-refractivity contribution in [2.75, 3.05) is 18.8 Å². The van der Waals surface area contributed by atoms with Gasteiger partial charge in [-0.25, -0.2) is 9.97 Å². The zero-order valence-electron chi connectivity index (χ0n) is 14.6. The maximum absolute atomic E-state index is 12.5. The van der Waals surface area contributed by atoms with Gasteiger partial charge in [0, 0.05) is 25.2 Å². The van der Waals surface area contributed by atoms with E-state index in [1.165, 1.54) is 0 Å². The first kappa shape index (κ1) is 17.4. The van der Waals surface area contributed by atoms with Crippen LogP contribution < -0.4 is 11.1 Å². The standard InChI is InChI=1S/C19H25N5O/c1-14(18(25)22-12-15-6-3-2-4-7-15)24-11-5-8-16(13-24)17-9-10-21-19(20)23-17/h2-4,6-7,9-10,14,16H,5,8,11-13H2,1H3,(H,22,25)(H2,20,21,23). The van der Waals surface area contributed by atoms with E-state index in [0.29, 0.717) is 18.4 Å². The number of carbonyl (C=O) groups excluding carboxylic acids is 1. The molecular weight excluding hydrogens is 314 g/mol. The van der Waals surface area contributed by atoms with Crippen LogP contribution >= 0.6 is 0 Å². The van der Waals surface area contributed by atoms with E-state index < -0.39 is 0 Å². The Morgan fingerprint density at radius 3 is 2.92 bits per heavy atom. The molecule has 0 aliphatic carbocycles. The minimum atomic E-state index is -0.161. The van der Waals surface area contributed by atoms with Gasteiger partial charge in [0.25, 0.3) is 0 Å². The lowest BCUT2D eigenvalue weighted by Gasteiger charge is -2.35. The molecular formula is C19H25N5O.